The molecule has 0 unspecified atom stereocenters. The number of benzene rings is 3. The number of amides is 1. The Bertz CT molecular complexity index is 1600. The predicted octanol–water partition coefficient (Wildman–Crippen LogP) is 6.47. The minimum Gasteiger partial charge on any atom is -0.365 e. The second-order valence-electron chi connectivity index (χ2n) is 13.4. The Hall–Kier alpha value is -4.01. The van der Waals surface area contributed by atoms with Gasteiger partial charge in [-0.25, -0.2) is 4.98 Å². The van der Waals surface area contributed by atoms with Crippen molar-refractivity contribution in [1.29, 1.82) is 0 Å². The van der Waals surface area contributed by atoms with E-state index < -0.39 is 0 Å². The van der Waals surface area contributed by atoms with Crippen LogP contribution in [0.5, 0.6) is 0 Å². The van der Waals surface area contributed by atoms with Gasteiger partial charge in [0.1, 0.15) is 5.82 Å². The van der Waals surface area contributed by atoms with E-state index in [1.54, 1.807) is 0 Å². The van der Waals surface area contributed by atoms with E-state index in [1.165, 1.54) is 49.9 Å². The monoisotopic (exact) mass is 617 g/mol. The standard InChI is InChI=1S/C38H47N7O/c1-28-9-14-35-34(25-28)36(42-38(41-35)45-23-17-33(18-24-45)44-19-5-6-20-44)39-26-29-10-12-32(13-11-29)40-37(46)31-15-21-43(22-16-31)27-30-7-3-2-4-8-30/h2-4,7-14,25,31,33H,5-6,15-24,26-27H2,1H3,(H,40,46)(H,39,41,42). The normalized spacial score (nSPS) is 18.7. The molecule has 3 aliphatic heterocycles. The molecule has 3 aliphatic rings. The minimum absolute atomic E-state index is 0.0584. The van der Waals surface area contributed by atoms with Crippen LogP contribution < -0.4 is 15.5 Å². The largest absolute Gasteiger partial charge is 0.365 e. The highest BCUT2D eigenvalue weighted by molar-refractivity contribution is 5.93. The Kier molecular flexibility index (Phi) is 9.44. The van der Waals surface area contributed by atoms with Crippen LogP contribution in [0.2, 0.25) is 0 Å². The van der Waals surface area contributed by atoms with E-state index in [-0.39, 0.29) is 11.8 Å². The van der Waals surface area contributed by atoms with E-state index in [0.717, 1.165) is 79.5 Å². The lowest BCUT2D eigenvalue weighted by Crippen LogP contribution is -2.44. The van der Waals surface area contributed by atoms with Gasteiger partial charge in [-0.15, -0.1) is 0 Å². The number of carbonyl (C=O) groups is 1. The number of carbonyl (C=O) groups excluding carboxylic acids is 1. The van der Waals surface area contributed by atoms with Crippen LogP contribution in [0.25, 0.3) is 10.9 Å². The lowest BCUT2D eigenvalue weighted by molar-refractivity contribution is -0.121. The summed E-state index contributed by atoms with van der Waals surface area (Å²) in [4.78, 5) is 30.6. The number of rotatable bonds is 9. The number of hydrogen-bond donors (Lipinski definition) is 2. The van der Waals surface area contributed by atoms with Gasteiger partial charge in [0.25, 0.3) is 0 Å². The van der Waals surface area contributed by atoms with Crippen molar-refractivity contribution in [3.63, 3.8) is 0 Å². The van der Waals surface area contributed by atoms with Crippen LogP contribution in [0.3, 0.4) is 0 Å². The van der Waals surface area contributed by atoms with Gasteiger partial charge in [0.05, 0.1) is 5.52 Å². The van der Waals surface area contributed by atoms with Gasteiger partial charge in [0.2, 0.25) is 11.9 Å². The molecule has 240 valence electrons. The maximum Gasteiger partial charge on any atom is 0.227 e. The molecule has 0 atom stereocenters. The van der Waals surface area contributed by atoms with Gasteiger partial charge in [0, 0.05) is 49.2 Å². The number of nitrogens with zero attached hydrogens (tertiary/aromatic N) is 5. The van der Waals surface area contributed by atoms with Crippen molar-refractivity contribution in [1.82, 2.24) is 19.8 Å². The number of piperidine rings is 2. The first-order valence-corrected chi connectivity index (χ1v) is 17.2. The molecule has 8 heteroatoms. The minimum atomic E-state index is 0.0584. The lowest BCUT2D eigenvalue weighted by Gasteiger charge is -2.36. The number of aryl methyl sites for hydroxylation is 1. The summed E-state index contributed by atoms with van der Waals surface area (Å²) in [5.74, 6) is 1.89. The number of anilines is 3. The zero-order valence-corrected chi connectivity index (χ0v) is 27.1. The summed E-state index contributed by atoms with van der Waals surface area (Å²) < 4.78 is 0. The molecule has 0 aliphatic carbocycles. The molecule has 0 radical (unpaired) electrons. The summed E-state index contributed by atoms with van der Waals surface area (Å²) in [5.41, 5.74) is 5.49. The number of nitrogens with one attached hydrogen (secondary N) is 2. The molecule has 0 spiro atoms. The molecular formula is C38H47N7O. The van der Waals surface area contributed by atoms with Gasteiger partial charge in [0.15, 0.2) is 0 Å². The Morgan fingerprint density at radius 2 is 1.54 bits per heavy atom. The quantitative estimate of drug-likeness (QED) is 0.223. The molecule has 2 N–H and O–H groups in total. The molecule has 8 nitrogen and oxygen atoms in total. The molecule has 1 aromatic heterocycles. The van der Waals surface area contributed by atoms with Gasteiger partial charge < -0.3 is 20.4 Å². The molecule has 7 rings (SSSR count). The first kappa shape index (κ1) is 30.6. The van der Waals surface area contributed by atoms with E-state index >= 15 is 0 Å². The Balaban J connectivity index is 0.946. The van der Waals surface area contributed by atoms with Gasteiger partial charge >= 0.3 is 0 Å². The Morgan fingerprint density at radius 1 is 0.804 bits per heavy atom. The van der Waals surface area contributed by atoms with Crippen molar-refractivity contribution in [2.24, 2.45) is 5.92 Å². The zero-order valence-electron chi connectivity index (χ0n) is 27.1. The average molecular weight is 618 g/mol. The molecule has 3 saturated heterocycles. The second-order valence-corrected chi connectivity index (χ2v) is 13.4. The highest BCUT2D eigenvalue weighted by atomic mass is 16.1. The smallest absolute Gasteiger partial charge is 0.227 e. The van der Waals surface area contributed by atoms with Crippen molar-refractivity contribution in [3.05, 3.63) is 89.5 Å². The highest BCUT2D eigenvalue weighted by Gasteiger charge is 2.28. The van der Waals surface area contributed by atoms with Crippen LogP contribution >= 0.6 is 0 Å². The van der Waals surface area contributed by atoms with Crippen LogP contribution in [0.4, 0.5) is 17.5 Å². The molecule has 0 saturated carbocycles. The molecule has 46 heavy (non-hydrogen) atoms. The fourth-order valence-electron chi connectivity index (χ4n) is 7.37. The molecule has 1 amide bonds. The fraction of sp³-hybridized carbons (Fsp3) is 0.447. The van der Waals surface area contributed by atoms with Gasteiger partial charge in [-0.3, -0.25) is 9.69 Å². The van der Waals surface area contributed by atoms with Crippen molar-refractivity contribution in [2.75, 3.05) is 54.8 Å². The molecule has 3 fully saturated rings. The van der Waals surface area contributed by atoms with Crippen molar-refractivity contribution in [3.8, 4) is 0 Å². The number of aromatic nitrogens is 2. The van der Waals surface area contributed by atoms with Gasteiger partial charge in [-0.2, -0.15) is 4.98 Å². The predicted molar refractivity (Wildman–Crippen MR) is 187 cm³/mol. The van der Waals surface area contributed by atoms with Crippen molar-refractivity contribution in [2.45, 2.75) is 64.6 Å². The summed E-state index contributed by atoms with van der Waals surface area (Å²) in [6.07, 6.45) is 6.82. The lowest BCUT2D eigenvalue weighted by atomic mass is 9.95. The average Bonchev–Trinajstić information content (AvgIpc) is 3.64. The maximum atomic E-state index is 13.1. The molecule has 3 aromatic carbocycles. The number of fused-ring (bicyclic) bond motifs is 1. The highest BCUT2D eigenvalue weighted by Crippen LogP contribution is 2.29. The summed E-state index contributed by atoms with van der Waals surface area (Å²) in [7, 11) is 0. The van der Waals surface area contributed by atoms with Crippen molar-refractivity contribution < 1.29 is 4.79 Å². The third kappa shape index (κ3) is 7.34. The third-order valence-electron chi connectivity index (χ3n) is 10.1. The van der Waals surface area contributed by atoms with Crippen LogP contribution in [-0.4, -0.2) is 71.0 Å². The SMILES string of the molecule is Cc1ccc2nc(N3CCC(N4CCCC4)CC3)nc(NCc3ccc(NC(=O)C4CCN(Cc5ccccc5)CC4)cc3)c2c1. The van der Waals surface area contributed by atoms with E-state index in [2.05, 4.69) is 92.9 Å². The Labute approximate surface area is 273 Å². The first-order valence-electron chi connectivity index (χ1n) is 17.2. The number of likely N-dealkylation sites (tertiary alicyclic amines) is 2. The van der Waals surface area contributed by atoms with E-state index in [0.29, 0.717) is 12.6 Å². The van der Waals surface area contributed by atoms with Gasteiger partial charge in [-0.1, -0.05) is 54.1 Å². The van der Waals surface area contributed by atoms with Gasteiger partial charge in [-0.05, 0) is 107 Å². The second kappa shape index (κ2) is 14.2. The summed E-state index contributed by atoms with van der Waals surface area (Å²) in [6.45, 7) is 10.1. The summed E-state index contributed by atoms with van der Waals surface area (Å²) >= 11 is 0. The Morgan fingerprint density at radius 3 is 2.28 bits per heavy atom. The molecular weight excluding hydrogens is 570 g/mol. The molecule has 4 aromatic rings. The van der Waals surface area contributed by atoms with Crippen LogP contribution in [-0.2, 0) is 17.9 Å². The van der Waals surface area contributed by atoms with Crippen molar-refractivity contribution >= 4 is 34.3 Å². The fourth-order valence-corrected chi connectivity index (χ4v) is 7.37. The summed E-state index contributed by atoms with van der Waals surface area (Å²) in [5, 5.41) is 7.84. The third-order valence-corrected chi connectivity index (χ3v) is 10.1. The molecule has 0 bridgehead atoms. The van der Waals surface area contributed by atoms with E-state index in [1.807, 2.05) is 12.1 Å². The molecule has 4 heterocycles. The van der Waals surface area contributed by atoms with Crippen LogP contribution in [0, 0.1) is 12.8 Å². The number of hydrogen-bond acceptors (Lipinski definition) is 7. The first-order chi connectivity index (χ1) is 22.6. The zero-order chi connectivity index (χ0) is 31.3. The van der Waals surface area contributed by atoms with Crippen LogP contribution in [0.1, 0.15) is 55.2 Å². The van der Waals surface area contributed by atoms with E-state index in [9.17, 15) is 4.79 Å². The topological polar surface area (TPSA) is 76.6 Å². The maximum absolute atomic E-state index is 13.1. The summed E-state index contributed by atoms with van der Waals surface area (Å²) in [6, 6.07) is 25.9. The van der Waals surface area contributed by atoms with Crippen LogP contribution in [0.15, 0.2) is 72.8 Å². The van der Waals surface area contributed by atoms with E-state index in [4.69, 9.17) is 9.97 Å².